The predicted molar refractivity (Wildman–Crippen MR) is 242 cm³/mol. The van der Waals surface area contributed by atoms with Crippen LogP contribution in [0.2, 0.25) is 0 Å². The summed E-state index contributed by atoms with van der Waals surface area (Å²) in [5.41, 5.74) is 1.03. The number of rotatable bonds is 14. The van der Waals surface area contributed by atoms with Crippen molar-refractivity contribution in [3.63, 3.8) is 0 Å². The first kappa shape index (κ1) is 63.5. The number of hydrogen-bond donors (Lipinski definition) is 16. The van der Waals surface area contributed by atoms with E-state index in [4.69, 9.17) is 59.6 Å². The smallest absolute Gasteiger partial charge is 0.334 e. The minimum absolute atomic E-state index is 0.379. The van der Waals surface area contributed by atoms with Crippen LogP contribution in [0.1, 0.15) is 128 Å². The first-order valence-electron chi connectivity index (χ1n) is 19.3. The fourth-order valence-corrected chi connectivity index (χ4v) is 7.34. The Balaban J connectivity index is 0. The Morgan fingerprint density at radius 3 is 0.677 bits per heavy atom. The van der Waals surface area contributed by atoms with Crippen molar-refractivity contribution in [2.75, 3.05) is 46.2 Å². The monoisotopic (exact) mass is 968 g/mol. The van der Waals surface area contributed by atoms with Crippen LogP contribution >= 0.6 is 34.4 Å². The Morgan fingerprint density at radius 2 is 0.581 bits per heavy atom. The van der Waals surface area contributed by atoms with E-state index >= 15 is 0 Å². The van der Waals surface area contributed by atoms with Gasteiger partial charge in [-0.2, -0.15) is 0 Å². The topological polar surface area (TPSA) is 342 Å². The van der Waals surface area contributed by atoms with Crippen molar-refractivity contribution in [2.45, 2.75) is 124 Å². The summed E-state index contributed by atoms with van der Waals surface area (Å²) in [4.78, 5) is 62.5. The molecular formula is C40H76O18P4. The molecule has 2 rings (SSSR count). The molecule has 0 spiro atoms. The third kappa shape index (κ3) is 18.3. The molecule has 0 saturated carbocycles. The van der Waals surface area contributed by atoms with Crippen LogP contribution in [0.15, 0.2) is 24.3 Å². The van der Waals surface area contributed by atoms with E-state index in [1.165, 1.54) is 0 Å². The molecule has 16 N–H and O–H groups in total. The van der Waals surface area contributed by atoms with Crippen LogP contribution in [0.5, 0.6) is 0 Å². The maximum absolute atomic E-state index is 13.7. The molecule has 0 aliphatic rings. The second kappa shape index (κ2) is 26.1. The van der Waals surface area contributed by atoms with Gasteiger partial charge in [0.05, 0.1) is 57.1 Å². The van der Waals surface area contributed by atoms with Gasteiger partial charge < -0.3 is 80.0 Å². The molecule has 364 valence electrons. The second-order valence-electron chi connectivity index (χ2n) is 19.2. The van der Waals surface area contributed by atoms with Gasteiger partial charge in [-0.05, 0) is 68.9 Å². The van der Waals surface area contributed by atoms with Crippen LogP contribution in [0, 0.1) is 24.7 Å². The molecule has 0 unspecified atom stereocenters. The molecule has 0 radical (unpaired) electrons. The predicted octanol–water partition coefficient (Wildman–Crippen LogP) is 3.49. The number of aryl methyl sites for hydroxylation is 2. The van der Waals surface area contributed by atoms with E-state index in [0.29, 0.717) is 11.1 Å². The van der Waals surface area contributed by atoms with Crippen molar-refractivity contribution in [1.82, 2.24) is 0 Å². The number of hydrogen-bond acceptors (Lipinski definition) is 18. The molecule has 0 aliphatic carbocycles. The fraction of sp³-hybridized carbons (Fsp3) is 0.700. The van der Waals surface area contributed by atoms with Crippen molar-refractivity contribution in [1.29, 1.82) is 0 Å². The summed E-state index contributed by atoms with van der Waals surface area (Å²) in [6, 6.07) is 8.48. The van der Waals surface area contributed by atoms with Gasteiger partial charge in [-0.15, -0.1) is 0 Å². The second-order valence-corrected chi connectivity index (χ2v) is 22.6. The maximum Gasteiger partial charge on any atom is 0.334 e. The van der Waals surface area contributed by atoms with Gasteiger partial charge in [-0.1, -0.05) is 118 Å². The highest BCUT2D eigenvalue weighted by Crippen LogP contribution is 2.56. The Kier molecular flexibility index (Phi) is 26.7. The molecule has 2 aromatic rings. The van der Waals surface area contributed by atoms with Gasteiger partial charge in [0.25, 0.3) is 0 Å². The van der Waals surface area contributed by atoms with E-state index in [-0.39, 0.29) is 21.7 Å². The lowest BCUT2D eigenvalue weighted by molar-refractivity contribution is -0.138. The Hall–Kier alpha value is -0.560. The van der Waals surface area contributed by atoms with Crippen molar-refractivity contribution in [2.24, 2.45) is 10.8 Å². The summed E-state index contributed by atoms with van der Waals surface area (Å²) < 4.78 is 7.20. The summed E-state index contributed by atoms with van der Waals surface area (Å²) >= 11 is 0. The third-order valence-corrected chi connectivity index (χ3v) is 12.2. The zero-order valence-corrected chi connectivity index (χ0v) is 42.1. The fourth-order valence-electron chi connectivity index (χ4n) is 6.30. The summed E-state index contributed by atoms with van der Waals surface area (Å²) in [7, 11) is -10.4. The van der Waals surface area contributed by atoms with E-state index in [9.17, 15) is 20.4 Å². The minimum atomic E-state index is -2.61. The number of benzene rings is 2. The van der Waals surface area contributed by atoms with Gasteiger partial charge in [-0.3, -0.25) is 0 Å². The van der Waals surface area contributed by atoms with E-state index < -0.39 is 97.1 Å². The van der Waals surface area contributed by atoms with Gasteiger partial charge in [-0.25, -0.2) is 8.62 Å². The van der Waals surface area contributed by atoms with Crippen LogP contribution < -0.4 is 0 Å². The highest BCUT2D eigenvalue weighted by atomic mass is 31.2. The lowest BCUT2D eigenvalue weighted by atomic mass is 9.56. The minimum Gasteiger partial charge on any atom is -0.396 e. The van der Waals surface area contributed by atoms with Gasteiger partial charge in [0.15, 0.2) is 0 Å². The molecule has 0 aromatic heterocycles. The highest BCUT2D eigenvalue weighted by molar-refractivity contribution is 7.53. The average molecular weight is 969 g/mol. The molecule has 0 heterocycles. The van der Waals surface area contributed by atoms with Crippen LogP contribution in [0.4, 0.5) is 0 Å². The van der Waals surface area contributed by atoms with Crippen LogP contribution in [-0.2, 0) is 35.9 Å². The van der Waals surface area contributed by atoms with Crippen molar-refractivity contribution < 1.29 is 88.6 Å². The van der Waals surface area contributed by atoms with Gasteiger partial charge >= 0.3 is 34.4 Å². The van der Waals surface area contributed by atoms with Crippen LogP contribution in [0.25, 0.3) is 0 Å². The zero-order valence-electron chi connectivity index (χ0n) is 38.5. The largest absolute Gasteiger partial charge is 0.396 e. The Labute approximate surface area is 372 Å². The highest BCUT2D eigenvalue weighted by Gasteiger charge is 2.58. The molecule has 62 heavy (non-hydrogen) atoms. The molecular weight excluding hydrogens is 892 g/mol. The van der Waals surface area contributed by atoms with Gasteiger partial charge in [0.2, 0.25) is 0 Å². The van der Waals surface area contributed by atoms with E-state index in [0.717, 1.165) is 33.4 Å². The quantitative estimate of drug-likeness (QED) is 0.120. The molecule has 0 atom stereocenters. The normalized spacial score (nSPS) is 13.2. The summed E-state index contributed by atoms with van der Waals surface area (Å²) in [6.45, 7) is 26.2. The van der Waals surface area contributed by atoms with E-state index in [1.54, 1.807) is 0 Å². The molecule has 0 amide bonds. The molecule has 18 nitrogen and oxygen atoms in total. The maximum atomic E-state index is 13.7. The first-order valence-corrected chi connectivity index (χ1v) is 24.0. The molecule has 0 aliphatic heterocycles. The van der Waals surface area contributed by atoms with Gasteiger partial charge in [0.1, 0.15) is 5.60 Å². The Morgan fingerprint density at radius 1 is 0.387 bits per heavy atom. The molecule has 0 fully saturated rings. The lowest BCUT2D eigenvalue weighted by Crippen LogP contribution is -2.57. The molecule has 0 bridgehead atoms. The van der Waals surface area contributed by atoms with Crippen molar-refractivity contribution >= 4 is 34.4 Å². The average Bonchev–Trinajstić information content (AvgIpc) is 3.11. The van der Waals surface area contributed by atoms with E-state index in [1.807, 2.05) is 0 Å². The van der Waals surface area contributed by atoms with Crippen molar-refractivity contribution in [3.8, 4) is 0 Å². The lowest BCUT2D eigenvalue weighted by Gasteiger charge is -2.52. The van der Waals surface area contributed by atoms with Crippen LogP contribution in [0.3, 0.4) is 0 Å². The third-order valence-electron chi connectivity index (χ3n) is 9.83. The SMILES string of the molecule is Cc1cc(C(C)(C)C)c(C(O)(c2c(C(C)(C)C)cc(C)cc2C(C)(C)C)C(CO)(CO)CO)c(C(C)(C)C)c1.OCC(CO)(CO)CO.OP(O)OP(O)O.OP(O)OP(O)O. The van der Waals surface area contributed by atoms with Crippen LogP contribution in [-0.4, -0.2) is 126 Å². The molecule has 0 saturated heterocycles. The first-order chi connectivity index (χ1) is 27.9. The summed E-state index contributed by atoms with van der Waals surface area (Å²) in [6.07, 6.45) is 0. The number of aliphatic hydroxyl groups excluding tert-OH is 7. The number of aliphatic hydroxyl groups is 8. The Bertz CT molecular complexity index is 1400. The summed E-state index contributed by atoms with van der Waals surface area (Å²) in [5, 5.41) is 80.8. The summed E-state index contributed by atoms with van der Waals surface area (Å²) in [5.74, 6) is 0. The van der Waals surface area contributed by atoms with Gasteiger partial charge in [0, 0.05) is 0 Å². The molecule has 22 heteroatoms. The zero-order chi connectivity index (χ0) is 49.6. The van der Waals surface area contributed by atoms with E-state index in [2.05, 4.69) is 130 Å². The molecule has 2 aromatic carbocycles. The standard InChI is InChI=1S/C35H56O4.C5H12O4.2H4O5P2/c1-22-15-24(30(3,4)5)28(25(16-22)31(6,7)8)35(39,34(19-36,20-37)21-38)29-26(32(9,10)11)17-23(2)18-27(29)33(12,13)14;6-1-5(2-7,3-8)4-9;2*1-6(2)5-7(3)4/h15-18,36-39H,19-21H2,1-14H3;6-9H,1-4H2;2*1-4H. The van der Waals surface area contributed by atoms with Crippen molar-refractivity contribution in [3.05, 3.63) is 68.8 Å².